The van der Waals surface area contributed by atoms with Crippen molar-refractivity contribution in [1.29, 1.82) is 0 Å². The molecule has 0 bridgehead atoms. The van der Waals surface area contributed by atoms with Crippen LogP contribution in [0.1, 0.15) is 25.5 Å². The van der Waals surface area contributed by atoms with Crippen LogP contribution in [0.15, 0.2) is 59.8 Å². The molecule has 0 radical (unpaired) electrons. The predicted molar refractivity (Wildman–Crippen MR) is 136 cm³/mol. The van der Waals surface area contributed by atoms with Crippen LogP contribution in [0.5, 0.6) is 0 Å². The first-order valence-electron chi connectivity index (χ1n) is 12.0. The number of urea groups is 1. The van der Waals surface area contributed by atoms with E-state index in [-0.39, 0.29) is 11.1 Å². The molecule has 3 heterocycles. The third kappa shape index (κ3) is 4.63. The normalized spacial score (nSPS) is 16.9. The van der Waals surface area contributed by atoms with Gasteiger partial charge in [0.1, 0.15) is 10.6 Å². The van der Waals surface area contributed by atoms with E-state index in [0.29, 0.717) is 68.7 Å². The number of amides is 2. The van der Waals surface area contributed by atoms with Crippen LogP contribution in [-0.2, 0) is 19.3 Å². The number of pyridine rings is 1. The molecule has 2 aromatic heterocycles. The SMILES string of the molecule is CCNC(=O)Nc1ccc(-c2nc(N3CCOCC3)cc(C3(S(=O)(=O)c4ccccn4)CC3)n2)cc1. The number of hydrogen-bond acceptors (Lipinski definition) is 8. The van der Waals surface area contributed by atoms with Gasteiger partial charge >= 0.3 is 6.03 Å². The van der Waals surface area contributed by atoms with E-state index in [4.69, 9.17) is 14.7 Å². The Morgan fingerprint density at radius 1 is 1.08 bits per heavy atom. The molecule has 3 aromatic rings. The monoisotopic (exact) mass is 508 g/mol. The van der Waals surface area contributed by atoms with Crippen LogP contribution < -0.4 is 15.5 Å². The molecule has 36 heavy (non-hydrogen) atoms. The molecule has 11 heteroatoms. The number of aromatic nitrogens is 3. The first-order valence-corrected chi connectivity index (χ1v) is 13.4. The number of hydrogen-bond donors (Lipinski definition) is 2. The molecule has 0 spiro atoms. The standard InChI is InChI=1S/C25H28N6O4S/c1-2-26-24(32)28-19-8-6-18(7-9-19)23-29-20(17-21(30-23)31-13-15-35-16-14-31)25(10-11-25)36(33,34)22-5-3-4-12-27-22/h3-9,12,17H,2,10-11,13-16H2,1H3,(H2,26,28,32). The highest BCUT2D eigenvalue weighted by atomic mass is 32.2. The molecule has 0 atom stereocenters. The second-order valence-corrected chi connectivity index (χ2v) is 11.0. The average Bonchev–Trinajstić information content (AvgIpc) is 3.73. The number of sulfone groups is 1. The third-order valence-electron chi connectivity index (χ3n) is 6.38. The Bertz CT molecular complexity index is 1340. The second-order valence-electron chi connectivity index (χ2n) is 8.76. The number of morpholine rings is 1. The summed E-state index contributed by atoms with van der Waals surface area (Å²) in [5.74, 6) is 1.10. The predicted octanol–water partition coefficient (Wildman–Crippen LogP) is 2.98. The summed E-state index contributed by atoms with van der Waals surface area (Å²) in [6, 6.07) is 13.6. The molecule has 1 saturated carbocycles. The van der Waals surface area contributed by atoms with Gasteiger partial charge < -0.3 is 20.3 Å². The Balaban J connectivity index is 1.54. The first kappa shape index (κ1) is 24.1. The van der Waals surface area contributed by atoms with Gasteiger partial charge in [-0.3, -0.25) is 0 Å². The molecule has 1 saturated heterocycles. The molecular formula is C25H28N6O4S. The van der Waals surface area contributed by atoms with Crippen molar-refractivity contribution in [3.05, 3.63) is 60.4 Å². The summed E-state index contributed by atoms with van der Waals surface area (Å²) in [6.45, 7) is 4.84. The van der Waals surface area contributed by atoms with Crippen LogP contribution in [0.4, 0.5) is 16.3 Å². The minimum atomic E-state index is -3.75. The zero-order valence-electron chi connectivity index (χ0n) is 20.0. The second kappa shape index (κ2) is 9.82. The van der Waals surface area contributed by atoms with Gasteiger partial charge in [0.15, 0.2) is 10.9 Å². The number of nitrogens with one attached hydrogen (secondary N) is 2. The Kier molecular flexibility index (Phi) is 6.59. The van der Waals surface area contributed by atoms with Crippen molar-refractivity contribution in [3.63, 3.8) is 0 Å². The van der Waals surface area contributed by atoms with E-state index in [2.05, 4.69) is 20.5 Å². The lowest BCUT2D eigenvalue weighted by atomic mass is 10.1. The summed E-state index contributed by atoms with van der Waals surface area (Å²) in [4.78, 5) is 27.6. The maximum absolute atomic E-state index is 13.7. The molecule has 1 aliphatic carbocycles. The molecular weight excluding hydrogens is 480 g/mol. The van der Waals surface area contributed by atoms with Crippen molar-refractivity contribution in [2.24, 2.45) is 0 Å². The summed E-state index contributed by atoms with van der Waals surface area (Å²) in [6.07, 6.45) is 2.44. The zero-order valence-corrected chi connectivity index (χ0v) is 20.8. The Labute approximate surface area is 210 Å². The molecule has 2 amide bonds. The minimum absolute atomic E-state index is 0.0522. The Morgan fingerprint density at radius 3 is 2.47 bits per heavy atom. The number of anilines is 2. The van der Waals surface area contributed by atoms with Crippen molar-refractivity contribution >= 4 is 27.4 Å². The van der Waals surface area contributed by atoms with Gasteiger partial charge in [-0.2, -0.15) is 0 Å². The van der Waals surface area contributed by atoms with E-state index in [1.165, 1.54) is 12.3 Å². The molecule has 2 fully saturated rings. The topological polar surface area (TPSA) is 126 Å². The molecule has 5 rings (SSSR count). The minimum Gasteiger partial charge on any atom is -0.378 e. The number of carbonyl (C=O) groups is 1. The summed E-state index contributed by atoms with van der Waals surface area (Å²) in [5.41, 5.74) is 1.83. The van der Waals surface area contributed by atoms with Crippen LogP contribution >= 0.6 is 0 Å². The van der Waals surface area contributed by atoms with Crippen molar-refractivity contribution < 1.29 is 17.9 Å². The summed E-state index contributed by atoms with van der Waals surface area (Å²) in [5, 5.41) is 5.51. The van der Waals surface area contributed by atoms with Crippen LogP contribution in [0.3, 0.4) is 0 Å². The highest BCUT2D eigenvalue weighted by Crippen LogP contribution is 2.54. The van der Waals surface area contributed by atoms with Crippen molar-refractivity contribution in [1.82, 2.24) is 20.3 Å². The maximum atomic E-state index is 13.7. The van der Waals surface area contributed by atoms with Gasteiger partial charge in [-0.25, -0.2) is 28.2 Å². The lowest BCUT2D eigenvalue weighted by Crippen LogP contribution is -2.37. The highest BCUT2D eigenvalue weighted by Gasteiger charge is 2.58. The summed E-state index contributed by atoms with van der Waals surface area (Å²) < 4.78 is 31.7. The summed E-state index contributed by atoms with van der Waals surface area (Å²) >= 11 is 0. The fourth-order valence-corrected chi connectivity index (χ4v) is 6.15. The average molecular weight is 509 g/mol. The fourth-order valence-electron chi connectivity index (χ4n) is 4.27. The van der Waals surface area contributed by atoms with Gasteiger partial charge in [-0.05, 0) is 56.2 Å². The van der Waals surface area contributed by atoms with Crippen LogP contribution in [0.25, 0.3) is 11.4 Å². The number of rotatable bonds is 7. The zero-order chi connectivity index (χ0) is 25.2. The molecule has 2 aliphatic rings. The van der Waals surface area contributed by atoms with Crippen LogP contribution in [0, 0.1) is 0 Å². The van der Waals surface area contributed by atoms with E-state index < -0.39 is 14.6 Å². The van der Waals surface area contributed by atoms with E-state index in [9.17, 15) is 13.2 Å². The molecule has 1 aromatic carbocycles. The number of nitrogens with zero attached hydrogens (tertiary/aromatic N) is 4. The molecule has 10 nitrogen and oxygen atoms in total. The lowest BCUT2D eigenvalue weighted by Gasteiger charge is -2.29. The maximum Gasteiger partial charge on any atom is 0.319 e. The molecule has 188 valence electrons. The quantitative estimate of drug-likeness (QED) is 0.499. The van der Waals surface area contributed by atoms with Gasteiger partial charge in [0.25, 0.3) is 0 Å². The van der Waals surface area contributed by atoms with Crippen molar-refractivity contribution in [2.75, 3.05) is 43.1 Å². The lowest BCUT2D eigenvalue weighted by molar-refractivity contribution is 0.122. The third-order valence-corrected chi connectivity index (χ3v) is 8.82. The first-order chi connectivity index (χ1) is 17.4. The Morgan fingerprint density at radius 2 is 1.83 bits per heavy atom. The van der Waals surface area contributed by atoms with E-state index in [0.717, 1.165) is 5.56 Å². The van der Waals surface area contributed by atoms with Gasteiger partial charge in [0.2, 0.25) is 9.84 Å². The molecule has 1 aliphatic heterocycles. The summed E-state index contributed by atoms with van der Waals surface area (Å²) in [7, 11) is -3.75. The van der Waals surface area contributed by atoms with E-state index in [1.807, 2.05) is 19.1 Å². The fraction of sp³-hybridized carbons (Fsp3) is 0.360. The number of benzene rings is 1. The highest BCUT2D eigenvalue weighted by molar-refractivity contribution is 7.92. The van der Waals surface area contributed by atoms with E-state index >= 15 is 0 Å². The van der Waals surface area contributed by atoms with Gasteiger partial charge in [-0.15, -0.1) is 0 Å². The number of ether oxygens (including phenoxy) is 1. The van der Waals surface area contributed by atoms with Gasteiger partial charge in [0, 0.05) is 43.1 Å². The smallest absolute Gasteiger partial charge is 0.319 e. The van der Waals surface area contributed by atoms with Gasteiger partial charge in [0.05, 0.1) is 18.9 Å². The number of carbonyl (C=O) groups excluding carboxylic acids is 1. The largest absolute Gasteiger partial charge is 0.378 e. The van der Waals surface area contributed by atoms with Crippen LogP contribution in [0.2, 0.25) is 0 Å². The Hall–Kier alpha value is -3.57. The molecule has 2 N–H and O–H groups in total. The van der Waals surface area contributed by atoms with E-state index in [1.54, 1.807) is 30.3 Å². The van der Waals surface area contributed by atoms with Crippen LogP contribution in [-0.4, -0.2) is 62.2 Å². The van der Waals surface area contributed by atoms with Gasteiger partial charge in [-0.1, -0.05) is 6.07 Å². The molecule has 0 unspecified atom stereocenters. The van der Waals surface area contributed by atoms with Crippen molar-refractivity contribution in [3.8, 4) is 11.4 Å². The van der Waals surface area contributed by atoms with Crippen molar-refractivity contribution in [2.45, 2.75) is 29.5 Å².